The summed E-state index contributed by atoms with van der Waals surface area (Å²) in [4.78, 5) is 24.4. The van der Waals surface area contributed by atoms with Crippen LogP contribution in [0.15, 0.2) is 57.7 Å². The molecule has 3 aromatic rings. The molecule has 5 unspecified atom stereocenters. The Labute approximate surface area is 182 Å². The van der Waals surface area contributed by atoms with Crippen molar-refractivity contribution in [3.05, 3.63) is 58.8 Å². The SMILES string of the molecule is O=C(O)C1OC([Si]Oc2c(-c3ccc(O)cc3)oc3ccccc3c2=O)C(O)C(O)C1O. The van der Waals surface area contributed by atoms with Crippen LogP contribution in [0.25, 0.3) is 22.3 Å². The molecule has 5 atom stereocenters. The summed E-state index contributed by atoms with van der Waals surface area (Å²) >= 11 is 0. The molecule has 1 aliphatic heterocycles. The van der Waals surface area contributed by atoms with Gasteiger partial charge in [-0.3, -0.25) is 4.79 Å². The summed E-state index contributed by atoms with van der Waals surface area (Å²) < 4.78 is 16.8. The van der Waals surface area contributed by atoms with E-state index >= 15 is 0 Å². The number of hydrogen-bond acceptors (Lipinski definition) is 9. The lowest BCUT2D eigenvalue weighted by Crippen LogP contribution is -2.61. The van der Waals surface area contributed by atoms with E-state index in [0.29, 0.717) is 11.1 Å². The van der Waals surface area contributed by atoms with E-state index < -0.39 is 51.3 Å². The van der Waals surface area contributed by atoms with Gasteiger partial charge in [-0.15, -0.1) is 0 Å². The van der Waals surface area contributed by atoms with Crippen LogP contribution >= 0.6 is 0 Å². The molecular formula is C21H18O10Si. The number of phenols is 1. The van der Waals surface area contributed by atoms with Gasteiger partial charge in [0.25, 0.3) is 0 Å². The topological polar surface area (TPSA) is 167 Å². The number of aliphatic hydroxyl groups excluding tert-OH is 3. The zero-order valence-electron chi connectivity index (χ0n) is 16.3. The van der Waals surface area contributed by atoms with E-state index in [9.17, 15) is 35.1 Å². The molecule has 0 bridgehead atoms. The fourth-order valence-electron chi connectivity index (χ4n) is 3.32. The van der Waals surface area contributed by atoms with E-state index in [1.807, 2.05) is 0 Å². The maximum atomic E-state index is 13.1. The maximum absolute atomic E-state index is 13.1. The number of aliphatic carboxylic acids is 1. The maximum Gasteiger partial charge on any atom is 0.346 e. The molecule has 2 radical (unpaired) electrons. The predicted octanol–water partition coefficient (Wildman–Crippen LogP) is 0.0558. The fourth-order valence-corrected chi connectivity index (χ4v) is 4.28. The Morgan fingerprint density at radius 1 is 0.969 bits per heavy atom. The molecule has 32 heavy (non-hydrogen) atoms. The summed E-state index contributed by atoms with van der Waals surface area (Å²) in [6.45, 7) is 0. The molecule has 0 saturated carbocycles. The Hall–Kier alpha value is -3.22. The first-order valence-corrected chi connectivity index (χ1v) is 10.5. The van der Waals surface area contributed by atoms with E-state index in [1.54, 1.807) is 24.3 Å². The number of aromatic hydroxyl groups is 1. The van der Waals surface area contributed by atoms with Crippen molar-refractivity contribution in [2.45, 2.75) is 30.1 Å². The van der Waals surface area contributed by atoms with Gasteiger partial charge in [0.05, 0.1) is 5.39 Å². The van der Waals surface area contributed by atoms with Crippen LogP contribution in [-0.4, -0.2) is 71.4 Å². The number of carboxylic acids is 1. The van der Waals surface area contributed by atoms with E-state index in [-0.39, 0.29) is 22.6 Å². The van der Waals surface area contributed by atoms with Gasteiger partial charge in [-0.25, -0.2) is 4.79 Å². The third-order valence-electron chi connectivity index (χ3n) is 5.02. The Morgan fingerprint density at radius 2 is 1.66 bits per heavy atom. The van der Waals surface area contributed by atoms with E-state index in [1.165, 1.54) is 24.3 Å². The Bertz CT molecular complexity index is 1190. The van der Waals surface area contributed by atoms with Crippen molar-refractivity contribution in [1.29, 1.82) is 0 Å². The smallest absolute Gasteiger partial charge is 0.346 e. The number of phenolic OH excluding ortho intramolecular Hbond substituents is 1. The molecule has 0 aliphatic carbocycles. The number of carbonyl (C=O) groups is 1. The summed E-state index contributed by atoms with van der Waals surface area (Å²) in [6.07, 6.45) is -7.04. The predicted molar refractivity (Wildman–Crippen MR) is 110 cm³/mol. The normalized spacial score (nSPS) is 25.5. The molecule has 2 heterocycles. The third kappa shape index (κ3) is 3.99. The molecule has 0 amide bonds. The van der Waals surface area contributed by atoms with Crippen molar-refractivity contribution in [3.8, 4) is 22.8 Å². The molecule has 1 aliphatic rings. The number of fused-ring (bicyclic) bond motifs is 1. The number of aliphatic hydroxyl groups is 3. The van der Waals surface area contributed by atoms with Crippen LogP contribution in [0.2, 0.25) is 0 Å². The van der Waals surface area contributed by atoms with Gasteiger partial charge in [-0.2, -0.15) is 0 Å². The first kappa shape index (κ1) is 22.0. The quantitative estimate of drug-likeness (QED) is 0.330. The summed E-state index contributed by atoms with van der Waals surface area (Å²) in [5.74, 6) is -1.67. The second-order valence-electron chi connectivity index (χ2n) is 7.14. The van der Waals surface area contributed by atoms with Crippen molar-refractivity contribution < 1.29 is 43.9 Å². The molecule has 166 valence electrons. The number of carboxylic acid groups (broad SMARTS) is 1. The first-order valence-electron chi connectivity index (χ1n) is 9.48. The monoisotopic (exact) mass is 458 g/mol. The standard InChI is InChI=1S/C21H18O10Si/c22-10-7-5-9(6-8-10)17-18(13(23)11-3-1-2-4-12(11)29-17)31-32-21-16(26)14(24)15(25)19(30-21)20(27)28/h1-8,14-16,19,21-22,24-26H,(H,27,28). The number of rotatable bonds is 5. The highest BCUT2D eigenvalue weighted by molar-refractivity contribution is 6.31. The average molecular weight is 458 g/mol. The van der Waals surface area contributed by atoms with Crippen LogP contribution in [0.5, 0.6) is 11.5 Å². The number of benzene rings is 2. The Morgan fingerprint density at radius 3 is 2.34 bits per heavy atom. The molecule has 1 fully saturated rings. The summed E-state index contributed by atoms with van der Waals surface area (Å²) in [5, 5.41) is 49.0. The molecule has 1 saturated heterocycles. The minimum Gasteiger partial charge on any atom is -0.533 e. The lowest BCUT2D eigenvalue weighted by atomic mass is 10.00. The van der Waals surface area contributed by atoms with Crippen molar-refractivity contribution in [1.82, 2.24) is 0 Å². The van der Waals surface area contributed by atoms with Gasteiger partial charge in [0.2, 0.25) is 5.43 Å². The number of para-hydroxylation sites is 1. The molecule has 2 aromatic carbocycles. The highest BCUT2D eigenvalue weighted by Gasteiger charge is 2.48. The van der Waals surface area contributed by atoms with E-state index in [4.69, 9.17) is 13.6 Å². The second-order valence-corrected chi connectivity index (χ2v) is 8.15. The number of ether oxygens (including phenoxy) is 1. The van der Waals surface area contributed by atoms with Gasteiger partial charge >= 0.3 is 15.7 Å². The molecule has 0 spiro atoms. The number of hydrogen-bond donors (Lipinski definition) is 5. The fraction of sp³-hybridized carbons (Fsp3) is 0.238. The van der Waals surface area contributed by atoms with Gasteiger partial charge in [-0.1, -0.05) is 12.1 Å². The summed E-state index contributed by atoms with van der Waals surface area (Å²) in [6, 6.07) is 12.3. The molecule has 10 nitrogen and oxygen atoms in total. The average Bonchev–Trinajstić information content (AvgIpc) is 2.78. The Balaban J connectivity index is 1.71. The van der Waals surface area contributed by atoms with Gasteiger partial charge in [0.1, 0.15) is 35.4 Å². The zero-order valence-corrected chi connectivity index (χ0v) is 17.3. The lowest BCUT2D eigenvalue weighted by Gasteiger charge is -2.37. The van der Waals surface area contributed by atoms with Crippen LogP contribution in [0, 0.1) is 0 Å². The largest absolute Gasteiger partial charge is 0.533 e. The highest BCUT2D eigenvalue weighted by atomic mass is 28.2. The van der Waals surface area contributed by atoms with Gasteiger partial charge in [-0.05, 0) is 36.4 Å². The van der Waals surface area contributed by atoms with Crippen molar-refractivity contribution in [2.75, 3.05) is 0 Å². The summed E-state index contributed by atoms with van der Waals surface area (Å²) in [5.41, 5.74) is -1.11. The molecule has 4 rings (SSSR count). The Kier molecular flexibility index (Phi) is 6.00. The van der Waals surface area contributed by atoms with Gasteiger partial charge in [0, 0.05) is 5.56 Å². The van der Waals surface area contributed by atoms with E-state index in [2.05, 4.69) is 0 Å². The molecule has 11 heteroatoms. The zero-order chi connectivity index (χ0) is 23.0. The van der Waals surface area contributed by atoms with Crippen LogP contribution in [0.3, 0.4) is 0 Å². The molecular weight excluding hydrogens is 440 g/mol. The minimum absolute atomic E-state index is 0.00668. The van der Waals surface area contributed by atoms with E-state index in [0.717, 1.165) is 0 Å². The first-order chi connectivity index (χ1) is 15.3. The minimum atomic E-state index is -1.83. The van der Waals surface area contributed by atoms with Gasteiger partial charge in [0.15, 0.2) is 17.6 Å². The molecule has 5 N–H and O–H groups in total. The summed E-state index contributed by atoms with van der Waals surface area (Å²) in [7, 11) is -0.816. The van der Waals surface area contributed by atoms with Crippen molar-refractivity contribution >= 4 is 26.7 Å². The highest BCUT2D eigenvalue weighted by Crippen LogP contribution is 2.32. The van der Waals surface area contributed by atoms with Gasteiger partial charge < -0.3 is 39.1 Å². The van der Waals surface area contributed by atoms with Crippen molar-refractivity contribution in [2.24, 2.45) is 0 Å². The third-order valence-corrected chi connectivity index (χ3v) is 6.05. The second kappa shape index (κ2) is 8.73. The van der Waals surface area contributed by atoms with Crippen LogP contribution in [0.4, 0.5) is 0 Å². The molecule has 1 aromatic heterocycles. The van der Waals surface area contributed by atoms with Crippen molar-refractivity contribution in [3.63, 3.8) is 0 Å². The van der Waals surface area contributed by atoms with Crippen LogP contribution in [-0.2, 0) is 9.53 Å². The lowest BCUT2D eigenvalue weighted by molar-refractivity contribution is -0.212. The van der Waals surface area contributed by atoms with Crippen LogP contribution in [0.1, 0.15) is 0 Å². The van der Waals surface area contributed by atoms with Crippen LogP contribution < -0.4 is 9.85 Å².